The minimum absolute atomic E-state index is 0.0609. The van der Waals surface area contributed by atoms with E-state index in [1.807, 2.05) is 6.07 Å². The Bertz CT molecular complexity index is 530. The van der Waals surface area contributed by atoms with Crippen molar-refractivity contribution in [2.24, 2.45) is 5.41 Å². The second kappa shape index (κ2) is 7.77. The highest BCUT2D eigenvalue weighted by molar-refractivity contribution is 9.10. The molecule has 1 heterocycles. The maximum Gasteiger partial charge on any atom is 0.252 e. The first-order valence-corrected chi connectivity index (χ1v) is 8.54. The highest BCUT2D eigenvalue weighted by atomic mass is 79.9. The van der Waals surface area contributed by atoms with Gasteiger partial charge in [-0.3, -0.25) is 4.79 Å². The van der Waals surface area contributed by atoms with Crippen molar-refractivity contribution in [2.75, 3.05) is 19.8 Å². The molecule has 2 rings (SSSR count). The van der Waals surface area contributed by atoms with Crippen molar-refractivity contribution in [1.82, 2.24) is 5.32 Å². The molecule has 1 saturated heterocycles. The van der Waals surface area contributed by atoms with Gasteiger partial charge in [-0.1, -0.05) is 41.4 Å². The Morgan fingerprint density at radius 2 is 2.09 bits per heavy atom. The normalized spacial score (nSPS) is 16.0. The molecule has 0 atom stereocenters. The van der Waals surface area contributed by atoms with E-state index in [0.717, 1.165) is 17.3 Å². The van der Waals surface area contributed by atoms with Crippen molar-refractivity contribution in [2.45, 2.75) is 33.0 Å². The molecule has 1 N–H and O–H groups in total. The van der Waals surface area contributed by atoms with Crippen molar-refractivity contribution in [1.29, 1.82) is 0 Å². The standard InChI is InChI=1S/C16H21BrClNO3/c1-16(2,15-21-8-9-22-15)6-3-7-19-14(20)12-10-11(17)4-5-13(12)18/h4-5,10,15H,3,6-9H2,1-2H3,(H,19,20). The lowest BCUT2D eigenvalue weighted by Gasteiger charge is -2.29. The molecule has 0 saturated carbocycles. The van der Waals surface area contributed by atoms with Crippen LogP contribution in [0.4, 0.5) is 0 Å². The summed E-state index contributed by atoms with van der Waals surface area (Å²) >= 11 is 9.39. The largest absolute Gasteiger partial charge is 0.352 e. The zero-order valence-electron chi connectivity index (χ0n) is 12.8. The van der Waals surface area contributed by atoms with E-state index in [4.69, 9.17) is 21.1 Å². The SMILES string of the molecule is CC(C)(CCCNC(=O)c1cc(Br)ccc1Cl)C1OCCO1. The molecular weight excluding hydrogens is 370 g/mol. The molecule has 122 valence electrons. The van der Waals surface area contributed by atoms with E-state index < -0.39 is 0 Å². The molecule has 1 fully saturated rings. The predicted molar refractivity (Wildman–Crippen MR) is 90.2 cm³/mol. The van der Waals surface area contributed by atoms with Crippen LogP contribution in [0.25, 0.3) is 0 Å². The molecule has 0 spiro atoms. The fourth-order valence-corrected chi connectivity index (χ4v) is 3.00. The third-order valence-electron chi connectivity index (χ3n) is 3.72. The molecule has 1 amide bonds. The van der Waals surface area contributed by atoms with Crippen LogP contribution in [0.3, 0.4) is 0 Å². The van der Waals surface area contributed by atoms with Gasteiger partial charge in [0.25, 0.3) is 5.91 Å². The third-order valence-corrected chi connectivity index (χ3v) is 4.54. The monoisotopic (exact) mass is 389 g/mol. The van der Waals surface area contributed by atoms with Crippen LogP contribution in [0, 0.1) is 5.41 Å². The first-order valence-electron chi connectivity index (χ1n) is 7.36. The van der Waals surface area contributed by atoms with Gasteiger partial charge >= 0.3 is 0 Å². The van der Waals surface area contributed by atoms with Gasteiger partial charge in [0.05, 0.1) is 23.8 Å². The lowest BCUT2D eigenvalue weighted by atomic mass is 9.87. The van der Waals surface area contributed by atoms with E-state index >= 15 is 0 Å². The minimum atomic E-state index is -0.155. The Morgan fingerprint density at radius 3 is 2.77 bits per heavy atom. The summed E-state index contributed by atoms with van der Waals surface area (Å²) in [5.41, 5.74) is 0.423. The summed E-state index contributed by atoms with van der Waals surface area (Å²) in [5.74, 6) is -0.155. The maximum absolute atomic E-state index is 12.1. The molecule has 0 aromatic heterocycles. The van der Waals surface area contributed by atoms with Gasteiger partial charge in [-0.15, -0.1) is 0 Å². The Balaban J connectivity index is 1.78. The van der Waals surface area contributed by atoms with Gasteiger partial charge in [-0.25, -0.2) is 0 Å². The average Bonchev–Trinajstić information content (AvgIpc) is 3.01. The van der Waals surface area contributed by atoms with Crippen LogP contribution in [-0.4, -0.2) is 32.0 Å². The van der Waals surface area contributed by atoms with Gasteiger partial charge in [0.2, 0.25) is 0 Å². The Morgan fingerprint density at radius 1 is 1.41 bits per heavy atom. The van der Waals surface area contributed by atoms with Crippen molar-refractivity contribution in [3.8, 4) is 0 Å². The van der Waals surface area contributed by atoms with E-state index in [1.165, 1.54) is 0 Å². The van der Waals surface area contributed by atoms with Crippen molar-refractivity contribution in [3.05, 3.63) is 33.3 Å². The van der Waals surface area contributed by atoms with E-state index in [9.17, 15) is 4.79 Å². The fourth-order valence-electron chi connectivity index (χ4n) is 2.44. The van der Waals surface area contributed by atoms with Gasteiger partial charge in [0, 0.05) is 16.4 Å². The molecule has 22 heavy (non-hydrogen) atoms. The number of carbonyl (C=O) groups excluding carboxylic acids is 1. The summed E-state index contributed by atoms with van der Waals surface area (Å²) in [6.45, 7) is 6.15. The van der Waals surface area contributed by atoms with Gasteiger partial charge in [0.15, 0.2) is 6.29 Å². The molecule has 1 aromatic rings. The molecule has 1 aliphatic heterocycles. The first kappa shape index (κ1) is 17.7. The number of hydrogen-bond donors (Lipinski definition) is 1. The molecular formula is C16H21BrClNO3. The number of hydrogen-bond acceptors (Lipinski definition) is 3. The molecule has 0 aliphatic carbocycles. The van der Waals surface area contributed by atoms with Crippen molar-refractivity contribution >= 4 is 33.4 Å². The number of amides is 1. The average molecular weight is 391 g/mol. The first-order chi connectivity index (χ1) is 10.4. The van der Waals surface area contributed by atoms with Gasteiger partial charge < -0.3 is 14.8 Å². The van der Waals surface area contributed by atoms with Gasteiger partial charge in [-0.05, 0) is 31.0 Å². The molecule has 6 heteroatoms. The zero-order valence-corrected chi connectivity index (χ0v) is 15.2. The van der Waals surface area contributed by atoms with Crippen LogP contribution >= 0.6 is 27.5 Å². The summed E-state index contributed by atoms with van der Waals surface area (Å²) in [7, 11) is 0. The topological polar surface area (TPSA) is 47.6 Å². The lowest BCUT2D eigenvalue weighted by Crippen LogP contribution is -2.32. The second-order valence-corrected chi connectivity index (χ2v) is 7.37. The van der Waals surface area contributed by atoms with Crippen LogP contribution in [0.5, 0.6) is 0 Å². The van der Waals surface area contributed by atoms with Crippen LogP contribution in [-0.2, 0) is 9.47 Å². The van der Waals surface area contributed by atoms with E-state index in [0.29, 0.717) is 30.3 Å². The second-order valence-electron chi connectivity index (χ2n) is 6.05. The van der Waals surface area contributed by atoms with Crippen LogP contribution in [0.2, 0.25) is 5.02 Å². The number of rotatable bonds is 6. The van der Waals surface area contributed by atoms with Crippen LogP contribution in [0.1, 0.15) is 37.0 Å². The number of benzene rings is 1. The van der Waals surface area contributed by atoms with E-state index in [-0.39, 0.29) is 17.6 Å². The number of ether oxygens (including phenoxy) is 2. The number of carbonyl (C=O) groups is 1. The molecule has 4 nitrogen and oxygen atoms in total. The quantitative estimate of drug-likeness (QED) is 0.747. The zero-order chi connectivity index (χ0) is 16.2. The predicted octanol–water partition coefficient (Wildman–Crippen LogP) is 4.01. The Hall–Kier alpha value is -0.620. The molecule has 0 unspecified atom stereocenters. The number of nitrogens with one attached hydrogen (secondary N) is 1. The van der Waals surface area contributed by atoms with Gasteiger partial charge in [-0.2, -0.15) is 0 Å². The summed E-state index contributed by atoms with van der Waals surface area (Å²) < 4.78 is 12.0. The smallest absolute Gasteiger partial charge is 0.252 e. The number of halogens is 2. The Labute approximate surface area is 144 Å². The van der Waals surface area contributed by atoms with E-state index in [2.05, 4.69) is 35.1 Å². The summed E-state index contributed by atoms with van der Waals surface area (Å²) in [6, 6.07) is 5.24. The van der Waals surface area contributed by atoms with Crippen LogP contribution in [0.15, 0.2) is 22.7 Å². The molecule has 0 bridgehead atoms. The van der Waals surface area contributed by atoms with Crippen molar-refractivity contribution < 1.29 is 14.3 Å². The summed E-state index contributed by atoms with van der Waals surface area (Å²) in [6.07, 6.45) is 1.61. The third kappa shape index (κ3) is 4.69. The minimum Gasteiger partial charge on any atom is -0.352 e. The Kier molecular flexibility index (Phi) is 6.26. The lowest BCUT2D eigenvalue weighted by molar-refractivity contribution is -0.122. The van der Waals surface area contributed by atoms with Crippen LogP contribution < -0.4 is 5.32 Å². The molecule has 1 aromatic carbocycles. The maximum atomic E-state index is 12.1. The summed E-state index contributed by atoms with van der Waals surface area (Å²) in [5, 5.41) is 3.36. The van der Waals surface area contributed by atoms with Crippen molar-refractivity contribution in [3.63, 3.8) is 0 Å². The fraction of sp³-hybridized carbons (Fsp3) is 0.562. The molecule has 0 radical (unpaired) electrons. The van der Waals surface area contributed by atoms with E-state index in [1.54, 1.807) is 12.1 Å². The van der Waals surface area contributed by atoms with Gasteiger partial charge in [0.1, 0.15) is 0 Å². The molecule has 1 aliphatic rings. The highest BCUT2D eigenvalue weighted by Gasteiger charge is 2.33. The highest BCUT2D eigenvalue weighted by Crippen LogP contribution is 2.31. The summed E-state index contributed by atoms with van der Waals surface area (Å²) in [4.78, 5) is 12.1.